The van der Waals surface area contributed by atoms with E-state index in [9.17, 15) is 9.90 Å². The molecule has 0 aromatic carbocycles. The fourth-order valence-electron chi connectivity index (χ4n) is 1.69. The van der Waals surface area contributed by atoms with Gasteiger partial charge in [0.05, 0.1) is 5.69 Å². The number of nitrogens with zero attached hydrogens (tertiary/aromatic N) is 2. The van der Waals surface area contributed by atoms with Crippen LogP contribution in [0.15, 0.2) is 42.9 Å². The number of carboxylic acid groups (broad SMARTS) is 1. The molecule has 2 aromatic heterocycles. The maximum Gasteiger partial charge on any atom is 0.332 e. The smallest absolute Gasteiger partial charge is 0.332 e. The minimum Gasteiger partial charge on any atom is -0.479 e. The molecule has 0 saturated carbocycles. The van der Waals surface area contributed by atoms with E-state index in [0.29, 0.717) is 0 Å². The normalized spacial score (nSPS) is 12.6. The summed E-state index contributed by atoms with van der Waals surface area (Å²) in [4.78, 5) is 11.2. The molecule has 0 fully saturated rings. The highest BCUT2D eigenvalue weighted by atomic mass is 16.4. The number of aromatic nitrogens is 2. The molecule has 0 aliphatic heterocycles. The van der Waals surface area contributed by atoms with Crippen molar-refractivity contribution < 1.29 is 9.90 Å². The van der Waals surface area contributed by atoms with Crippen molar-refractivity contribution in [3.63, 3.8) is 0 Å². The molecule has 4 heteroatoms. The Balaban J connectivity index is 2.46. The summed E-state index contributed by atoms with van der Waals surface area (Å²) in [5.74, 6) is -0.854. The fourth-order valence-corrected chi connectivity index (χ4v) is 1.69. The van der Waals surface area contributed by atoms with Gasteiger partial charge in [-0.2, -0.15) is 0 Å². The van der Waals surface area contributed by atoms with Crippen molar-refractivity contribution in [1.29, 1.82) is 0 Å². The lowest BCUT2D eigenvalue weighted by Gasteiger charge is -2.15. The standard InChI is InChI=1S/C11H12N2O2/c1-12-6-4-5-9(12)10(11(14)15)13-7-2-3-8-13/h2-8,10H,1H3,(H,14,15)/t10-/m0/s1. The van der Waals surface area contributed by atoms with Gasteiger partial charge in [-0.25, -0.2) is 4.79 Å². The minimum absolute atomic E-state index is 0.653. The van der Waals surface area contributed by atoms with Gasteiger partial charge in [0, 0.05) is 25.6 Å². The fraction of sp³-hybridized carbons (Fsp3) is 0.182. The van der Waals surface area contributed by atoms with Crippen LogP contribution in [0.2, 0.25) is 0 Å². The van der Waals surface area contributed by atoms with Crippen molar-refractivity contribution in [1.82, 2.24) is 9.13 Å². The van der Waals surface area contributed by atoms with Gasteiger partial charge in [-0.3, -0.25) is 0 Å². The Hall–Kier alpha value is -1.97. The first kappa shape index (κ1) is 9.58. The number of carbonyl (C=O) groups is 1. The van der Waals surface area contributed by atoms with E-state index in [2.05, 4.69) is 0 Å². The van der Waals surface area contributed by atoms with Crippen LogP contribution in [0.3, 0.4) is 0 Å². The molecule has 0 unspecified atom stereocenters. The second-order valence-electron chi connectivity index (χ2n) is 3.41. The van der Waals surface area contributed by atoms with Gasteiger partial charge in [0.2, 0.25) is 0 Å². The lowest BCUT2D eigenvalue weighted by Crippen LogP contribution is -2.21. The molecule has 2 rings (SSSR count). The summed E-state index contributed by atoms with van der Waals surface area (Å²) in [6.45, 7) is 0. The average Bonchev–Trinajstić information content (AvgIpc) is 2.79. The van der Waals surface area contributed by atoms with E-state index >= 15 is 0 Å². The third-order valence-electron chi connectivity index (χ3n) is 2.42. The van der Waals surface area contributed by atoms with Crippen LogP contribution >= 0.6 is 0 Å². The molecule has 0 amide bonds. The highest BCUT2D eigenvalue weighted by molar-refractivity contribution is 5.75. The van der Waals surface area contributed by atoms with Crippen molar-refractivity contribution in [2.75, 3.05) is 0 Å². The maximum absolute atomic E-state index is 11.2. The van der Waals surface area contributed by atoms with E-state index in [0.717, 1.165) is 5.69 Å². The molecule has 15 heavy (non-hydrogen) atoms. The highest BCUT2D eigenvalue weighted by Crippen LogP contribution is 2.18. The number of aryl methyl sites for hydroxylation is 1. The average molecular weight is 204 g/mol. The van der Waals surface area contributed by atoms with Crippen molar-refractivity contribution in [2.45, 2.75) is 6.04 Å². The molecule has 0 saturated heterocycles. The number of aliphatic carboxylic acids is 1. The highest BCUT2D eigenvalue weighted by Gasteiger charge is 2.22. The van der Waals surface area contributed by atoms with Crippen LogP contribution in [0.25, 0.3) is 0 Å². The van der Waals surface area contributed by atoms with Crippen LogP contribution in [-0.4, -0.2) is 20.2 Å². The third-order valence-corrected chi connectivity index (χ3v) is 2.42. The summed E-state index contributed by atoms with van der Waals surface area (Å²) in [5.41, 5.74) is 0.763. The molecule has 0 spiro atoms. The van der Waals surface area contributed by atoms with Gasteiger partial charge in [0.25, 0.3) is 0 Å². The molecule has 4 nitrogen and oxygen atoms in total. The molecular weight excluding hydrogens is 192 g/mol. The Morgan fingerprint density at radius 1 is 1.27 bits per heavy atom. The zero-order valence-corrected chi connectivity index (χ0v) is 8.37. The van der Waals surface area contributed by atoms with E-state index in [4.69, 9.17) is 0 Å². The second-order valence-corrected chi connectivity index (χ2v) is 3.41. The molecular formula is C11H12N2O2. The Kier molecular flexibility index (Phi) is 2.33. The van der Waals surface area contributed by atoms with E-state index in [1.54, 1.807) is 17.0 Å². The molecule has 0 bridgehead atoms. The number of rotatable bonds is 3. The predicted octanol–water partition coefficient (Wildman–Crippen LogP) is 1.50. The second kappa shape index (κ2) is 3.65. The molecule has 2 heterocycles. The van der Waals surface area contributed by atoms with Crippen molar-refractivity contribution >= 4 is 5.97 Å². The van der Waals surface area contributed by atoms with Crippen molar-refractivity contribution in [3.8, 4) is 0 Å². The molecule has 78 valence electrons. The monoisotopic (exact) mass is 204 g/mol. The van der Waals surface area contributed by atoms with Gasteiger partial charge in [-0.1, -0.05) is 0 Å². The van der Waals surface area contributed by atoms with Crippen LogP contribution in [0, 0.1) is 0 Å². The van der Waals surface area contributed by atoms with Gasteiger partial charge < -0.3 is 14.2 Å². The Labute approximate surface area is 87.4 Å². The van der Waals surface area contributed by atoms with Crippen LogP contribution in [0.1, 0.15) is 11.7 Å². The Morgan fingerprint density at radius 3 is 2.40 bits per heavy atom. The van der Waals surface area contributed by atoms with Crippen LogP contribution in [-0.2, 0) is 11.8 Å². The molecule has 2 aromatic rings. The van der Waals surface area contributed by atoms with Gasteiger partial charge in [-0.05, 0) is 24.3 Å². The van der Waals surface area contributed by atoms with Gasteiger partial charge >= 0.3 is 5.97 Å². The number of hydrogen-bond donors (Lipinski definition) is 1. The van der Waals surface area contributed by atoms with E-state index < -0.39 is 12.0 Å². The first-order valence-corrected chi connectivity index (χ1v) is 4.66. The first-order valence-electron chi connectivity index (χ1n) is 4.66. The van der Waals surface area contributed by atoms with E-state index in [1.165, 1.54) is 0 Å². The molecule has 0 aliphatic rings. The summed E-state index contributed by atoms with van der Waals surface area (Å²) in [6, 6.07) is 6.64. The lowest BCUT2D eigenvalue weighted by molar-refractivity contribution is -0.139. The quantitative estimate of drug-likeness (QED) is 0.823. The summed E-state index contributed by atoms with van der Waals surface area (Å²) < 4.78 is 3.50. The van der Waals surface area contributed by atoms with Crippen LogP contribution < -0.4 is 0 Å². The Bertz CT molecular complexity index is 457. The SMILES string of the molecule is Cn1cccc1[C@@H](C(=O)O)n1cccc1. The summed E-state index contributed by atoms with van der Waals surface area (Å²) in [5, 5.41) is 9.21. The molecule has 1 atom stereocenters. The minimum atomic E-state index is -0.854. The molecule has 0 radical (unpaired) electrons. The van der Waals surface area contributed by atoms with Crippen molar-refractivity contribution in [3.05, 3.63) is 48.5 Å². The number of hydrogen-bond acceptors (Lipinski definition) is 1. The summed E-state index contributed by atoms with van der Waals surface area (Å²) in [6.07, 6.45) is 5.35. The molecule has 1 N–H and O–H groups in total. The van der Waals surface area contributed by atoms with Crippen LogP contribution in [0.4, 0.5) is 0 Å². The number of carboxylic acids is 1. The summed E-state index contributed by atoms with van der Waals surface area (Å²) in [7, 11) is 1.84. The van der Waals surface area contributed by atoms with E-state index in [-0.39, 0.29) is 0 Å². The summed E-state index contributed by atoms with van der Waals surface area (Å²) >= 11 is 0. The topological polar surface area (TPSA) is 47.2 Å². The largest absolute Gasteiger partial charge is 0.479 e. The predicted molar refractivity (Wildman–Crippen MR) is 55.6 cm³/mol. The van der Waals surface area contributed by atoms with Gasteiger partial charge in [0.15, 0.2) is 6.04 Å². The van der Waals surface area contributed by atoms with Gasteiger partial charge in [0.1, 0.15) is 0 Å². The first-order chi connectivity index (χ1) is 7.20. The third kappa shape index (κ3) is 1.66. The maximum atomic E-state index is 11.2. The molecule has 0 aliphatic carbocycles. The Morgan fingerprint density at radius 2 is 1.93 bits per heavy atom. The van der Waals surface area contributed by atoms with Crippen LogP contribution in [0.5, 0.6) is 0 Å². The van der Waals surface area contributed by atoms with Gasteiger partial charge in [-0.15, -0.1) is 0 Å². The zero-order valence-electron chi connectivity index (χ0n) is 8.37. The zero-order chi connectivity index (χ0) is 10.8. The van der Waals surface area contributed by atoms with E-state index in [1.807, 2.05) is 42.1 Å². The van der Waals surface area contributed by atoms with Crippen molar-refractivity contribution in [2.24, 2.45) is 7.05 Å². The lowest BCUT2D eigenvalue weighted by atomic mass is 10.2.